The number of aromatic nitrogens is 2. The summed E-state index contributed by atoms with van der Waals surface area (Å²) in [5.74, 6) is -1.83. The molecular weight excluding hydrogens is 409 g/mol. The first-order valence-electron chi connectivity index (χ1n) is 8.31. The van der Waals surface area contributed by atoms with Gasteiger partial charge < -0.3 is 19.8 Å². The Bertz CT molecular complexity index is 940. The van der Waals surface area contributed by atoms with Gasteiger partial charge in [-0.15, -0.1) is 0 Å². The van der Waals surface area contributed by atoms with Gasteiger partial charge in [-0.05, 0) is 38.8 Å². The van der Waals surface area contributed by atoms with E-state index in [-0.39, 0.29) is 28.7 Å². The SMILES string of the molecule is CCOC(=O)c1c(C)[nH]c(C(=O)OCC(=O)Nc2ncc(Cl)c(C)c2Cl)c1C. The molecule has 1 amide bonds. The van der Waals surface area contributed by atoms with E-state index in [4.69, 9.17) is 32.7 Å². The van der Waals surface area contributed by atoms with Crippen molar-refractivity contribution in [3.8, 4) is 0 Å². The molecule has 0 radical (unpaired) electrons. The summed E-state index contributed by atoms with van der Waals surface area (Å²) in [5.41, 5.74) is 1.77. The molecular formula is C18H19Cl2N3O5. The van der Waals surface area contributed by atoms with Crippen LogP contribution in [0.1, 0.15) is 44.6 Å². The molecule has 0 bridgehead atoms. The molecule has 2 heterocycles. The van der Waals surface area contributed by atoms with Crippen LogP contribution in [0.3, 0.4) is 0 Å². The van der Waals surface area contributed by atoms with Gasteiger partial charge in [-0.1, -0.05) is 23.2 Å². The van der Waals surface area contributed by atoms with Gasteiger partial charge in [0.1, 0.15) is 5.69 Å². The number of carbonyl (C=O) groups excluding carboxylic acids is 3. The summed E-state index contributed by atoms with van der Waals surface area (Å²) in [6, 6.07) is 0. The number of hydrogen-bond donors (Lipinski definition) is 2. The zero-order chi connectivity index (χ0) is 21.0. The highest BCUT2D eigenvalue weighted by Gasteiger charge is 2.24. The largest absolute Gasteiger partial charge is 0.462 e. The third-order valence-electron chi connectivity index (χ3n) is 3.92. The van der Waals surface area contributed by atoms with Crippen molar-refractivity contribution in [1.29, 1.82) is 0 Å². The summed E-state index contributed by atoms with van der Waals surface area (Å²) >= 11 is 12.0. The van der Waals surface area contributed by atoms with E-state index in [0.29, 0.717) is 21.8 Å². The van der Waals surface area contributed by atoms with Crippen LogP contribution in [0.25, 0.3) is 0 Å². The second-order valence-corrected chi connectivity index (χ2v) is 6.65. The van der Waals surface area contributed by atoms with E-state index >= 15 is 0 Å². The van der Waals surface area contributed by atoms with Crippen molar-refractivity contribution in [3.63, 3.8) is 0 Å². The zero-order valence-electron chi connectivity index (χ0n) is 15.7. The number of nitrogens with zero attached hydrogens (tertiary/aromatic N) is 1. The third kappa shape index (κ3) is 4.63. The Kier molecular flexibility index (Phi) is 7.04. The molecule has 2 aromatic rings. The highest BCUT2D eigenvalue weighted by atomic mass is 35.5. The molecule has 0 aliphatic rings. The van der Waals surface area contributed by atoms with Crippen molar-refractivity contribution >= 4 is 46.9 Å². The highest BCUT2D eigenvalue weighted by molar-refractivity contribution is 6.37. The van der Waals surface area contributed by atoms with Gasteiger partial charge >= 0.3 is 11.9 Å². The number of aromatic amines is 1. The first-order valence-corrected chi connectivity index (χ1v) is 9.06. The minimum absolute atomic E-state index is 0.0758. The van der Waals surface area contributed by atoms with Crippen LogP contribution < -0.4 is 5.32 Å². The fraction of sp³-hybridized carbons (Fsp3) is 0.333. The molecule has 2 rings (SSSR count). The number of carbonyl (C=O) groups is 3. The van der Waals surface area contributed by atoms with Gasteiger partial charge in [0.05, 0.1) is 22.2 Å². The standard InChI is InChI=1S/C18H19Cl2N3O5/c1-5-27-17(25)13-9(3)15(22-10(13)4)18(26)28-7-12(24)23-16-14(20)8(2)11(19)6-21-16/h6,22H,5,7H2,1-4H3,(H,21,23,24). The Morgan fingerprint density at radius 2 is 1.79 bits per heavy atom. The molecule has 0 aromatic carbocycles. The number of rotatable bonds is 6. The monoisotopic (exact) mass is 427 g/mol. The second-order valence-electron chi connectivity index (χ2n) is 5.86. The molecule has 0 unspecified atom stereocenters. The van der Waals surface area contributed by atoms with Crippen LogP contribution in [0.2, 0.25) is 10.0 Å². The number of H-pyrrole nitrogens is 1. The van der Waals surface area contributed by atoms with Crippen LogP contribution in [-0.2, 0) is 14.3 Å². The van der Waals surface area contributed by atoms with Gasteiger partial charge in [-0.3, -0.25) is 4.79 Å². The number of aryl methyl sites for hydroxylation is 1. The van der Waals surface area contributed by atoms with Crippen LogP contribution in [0.5, 0.6) is 0 Å². The van der Waals surface area contributed by atoms with E-state index in [1.54, 1.807) is 27.7 Å². The predicted molar refractivity (Wildman–Crippen MR) is 104 cm³/mol. The number of ether oxygens (including phenoxy) is 2. The average Bonchev–Trinajstić information content (AvgIpc) is 2.95. The Morgan fingerprint density at radius 3 is 2.43 bits per heavy atom. The van der Waals surface area contributed by atoms with Crippen LogP contribution >= 0.6 is 23.2 Å². The Balaban J connectivity index is 2.04. The molecule has 0 saturated carbocycles. The van der Waals surface area contributed by atoms with E-state index in [1.807, 2.05) is 0 Å². The lowest BCUT2D eigenvalue weighted by atomic mass is 10.1. The summed E-state index contributed by atoms with van der Waals surface area (Å²) < 4.78 is 9.99. The Hall–Kier alpha value is -2.58. The van der Waals surface area contributed by atoms with Gasteiger partial charge in [0.2, 0.25) is 0 Å². The maximum Gasteiger partial charge on any atom is 0.355 e. The van der Waals surface area contributed by atoms with Crippen molar-refractivity contribution in [2.75, 3.05) is 18.5 Å². The summed E-state index contributed by atoms with van der Waals surface area (Å²) in [5, 5.41) is 3.01. The Labute approximate surface area is 171 Å². The molecule has 10 heteroatoms. The molecule has 150 valence electrons. The van der Waals surface area contributed by atoms with Crippen molar-refractivity contribution in [2.24, 2.45) is 0 Å². The first kappa shape index (κ1) is 21.7. The van der Waals surface area contributed by atoms with Crippen molar-refractivity contribution in [1.82, 2.24) is 9.97 Å². The fourth-order valence-corrected chi connectivity index (χ4v) is 2.87. The van der Waals surface area contributed by atoms with Crippen LogP contribution in [0.15, 0.2) is 6.20 Å². The first-order chi connectivity index (χ1) is 13.2. The van der Waals surface area contributed by atoms with Gasteiger partial charge in [-0.25, -0.2) is 14.6 Å². The van der Waals surface area contributed by atoms with Crippen molar-refractivity contribution in [2.45, 2.75) is 27.7 Å². The normalized spacial score (nSPS) is 10.5. The van der Waals surface area contributed by atoms with Crippen molar-refractivity contribution < 1.29 is 23.9 Å². The molecule has 0 spiro atoms. The molecule has 0 saturated heterocycles. The number of nitrogens with one attached hydrogen (secondary N) is 2. The maximum atomic E-state index is 12.3. The molecule has 2 N–H and O–H groups in total. The highest BCUT2D eigenvalue weighted by Crippen LogP contribution is 2.28. The zero-order valence-corrected chi connectivity index (χ0v) is 17.2. The third-order valence-corrected chi connectivity index (χ3v) is 4.76. The van der Waals surface area contributed by atoms with Crippen molar-refractivity contribution in [3.05, 3.63) is 44.3 Å². The number of amides is 1. The summed E-state index contributed by atoms with van der Waals surface area (Å²) in [4.78, 5) is 43.0. The van der Waals surface area contributed by atoms with E-state index in [9.17, 15) is 14.4 Å². The molecule has 0 aliphatic heterocycles. The van der Waals surface area contributed by atoms with Crippen LogP contribution in [-0.4, -0.2) is 41.0 Å². The molecule has 0 atom stereocenters. The number of anilines is 1. The van der Waals surface area contributed by atoms with E-state index in [2.05, 4.69) is 15.3 Å². The quantitative estimate of drug-likeness (QED) is 0.681. The molecule has 0 fully saturated rings. The molecule has 8 nitrogen and oxygen atoms in total. The van der Waals surface area contributed by atoms with E-state index in [1.165, 1.54) is 6.20 Å². The second kappa shape index (κ2) is 9.07. The molecule has 0 aliphatic carbocycles. The average molecular weight is 428 g/mol. The van der Waals surface area contributed by atoms with Gasteiger partial charge in [-0.2, -0.15) is 0 Å². The van der Waals surface area contributed by atoms with E-state index < -0.39 is 24.5 Å². The van der Waals surface area contributed by atoms with Crippen LogP contribution in [0.4, 0.5) is 5.82 Å². The fourth-order valence-electron chi connectivity index (χ4n) is 2.48. The minimum Gasteiger partial charge on any atom is -0.462 e. The lowest BCUT2D eigenvalue weighted by Gasteiger charge is -2.09. The number of halogens is 2. The summed E-state index contributed by atoms with van der Waals surface area (Å²) in [6.45, 7) is 6.24. The maximum absolute atomic E-state index is 12.3. The van der Waals surface area contributed by atoms with Gasteiger partial charge in [0.25, 0.3) is 5.91 Å². The smallest absolute Gasteiger partial charge is 0.355 e. The lowest BCUT2D eigenvalue weighted by molar-refractivity contribution is -0.119. The van der Waals surface area contributed by atoms with Gasteiger partial charge in [0.15, 0.2) is 12.4 Å². The lowest BCUT2D eigenvalue weighted by Crippen LogP contribution is -2.22. The predicted octanol–water partition coefficient (Wildman–Crippen LogP) is 3.61. The Morgan fingerprint density at radius 1 is 1.11 bits per heavy atom. The van der Waals surface area contributed by atoms with E-state index in [0.717, 1.165) is 0 Å². The topological polar surface area (TPSA) is 110 Å². The summed E-state index contributed by atoms with van der Waals surface area (Å²) in [7, 11) is 0. The minimum atomic E-state index is -0.780. The van der Waals surface area contributed by atoms with Crippen LogP contribution in [0, 0.1) is 20.8 Å². The number of pyridine rings is 1. The molecule has 28 heavy (non-hydrogen) atoms. The molecule has 2 aromatic heterocycles. The van der Waals surface area contributed by atoms with Gasteiger partial charge in [0, 0.05) is 11.9 Å². The number of esters is 2. The number of hydrogen-bond acceptors (Lipinski definition) is 6. The summed E-state index contributed by atoms with van der Waals surface area (Å²) in [6.07, 6.45) is 1.35.